The number of nitrogens with one attached hydrogen (secondary N) is 1. The number of carboxylic acid groups (broad SMARTS) is 1. The first kappa shape index (κ1) is 14.8. The zero-order valence-corrected chi connectivity index (χ0v) is 11.9. The van der Waals surface area contributed by atoms with Gasteiger partial charge in [0.05, 0.1) is 0 Å². The summed E-state index contributed by atoms with van der Waals surface area (Å²) in [6.07, 6.45) is 0. The number of carbonyl (C=O) groups is 2. The molecule has 0 aliphatic rings. The minimum atomic E-state index is -1.08. The molecule has 0 aliphatic carbocycles. The number of ether oxygens (including phenoxy) is 1. The van der Waals surface area contributed by atoms with E-state index in [1.165, 1.54) is 0 Å². The molecule has 0 saturated carbocycles. The normalized spacial score (nSPS) is 10.6. The molecule has 21 heavy (non-hydrogen) atoms. The monoisotopic (exact) mass is 287 g/mol. The van der Waals surface area contributed by atoms with E-state index in [4.69, 9.17) is 4.74 Å². The summed E-state index contributed by atoms with van der Waals surface area (Å²) in [6.45, 7) is 3.48. The second-order valence-corrected chi connectivity index (χ2v) is 4.98. The fraction of sp³-hybridized carbons (Fsp3) is 0.250. The Morgan fingerprint density at radius 3 is 2.57 bits per heavy atom. The zero-order chi connectivity index (χ0) is 15.4. The fourth-order valence-corrected chi connectivity index (χ4v) is 2.10. The topological polar surface area (TPSA) is 75.6 Å². The maximum atomic E-state index is 11.6. The number of amides is 1. The Labute approximate surface area is 122 Å². The Bertz CT molecular complexity index is 679. The van der Waals surface area contributed by atoms with Gasteiger partial charge in [0.1, 0.15) is 11.3 Å². The van der Waals surface area contributed by atoms with Gasteiger partial charge in [-0.3, -0.25) is 4.79 Å². The summed E-state index contributed by atoms with van der Waals surface area (Å²) in [4.78, 5) is 23.1. The molecule has 110 valence electrons. The number of benzene rings is 2. The highest BCUT2D eigenvalue weighted by Gasteiger charge is 2.16. The van der Waals surface area contributed by atoms with E-state index >= 15 is 0 Å². The van der Waals surface area contributed by atoms with Crippen LogP contribution < -0.4 is 10.1 Å². The first-order chi connectivity index (χ1) is 9.99. The SMILES string of the molecule is CC(C)NC(=O)COc1ccc2ccccc2c1C(=O)O. The first-order valence-corrected chi connectivity index (χ1v) is 6.66. The first-order valence-electron chi connectivity index (χ1n) is 6.66. The fourth-order valence-electron chi connectivity index (χ4n) is 2.10. The van der Waals surface area contributed by atoms with Gasteiger partial charge in [-0.2, -0.15) is 0 Å². The van der Waals surface area contributed by atoms with Crippen LogP contribution in [0.25, 0.3) is 10.8 Å². The Balaban J connectivity index is 2.29. The summed E-state index contributed by atoms with van der Waals surface area (Å²) in [7, 11) is 0. The van der Waals surface area contributed by atoms with Crippen molar-refractivity contribution in [3.8, 4) is 5.75 Å². The number of hydrogen-bond acceptors (Lipinski definition) is 3. The van der Waals surface area contributed by atoms with Crippen LogP contribution in [0, 0.1) is 0 Å². The molecule has 5 nitrogen and oxygen atoms in total. The molecule has 2 aromatic rings. The van der Waals surface area contributed by atoms with E-state index in [1.807, 2.05) is 26.0 Å². The molecule has 0 aromatic heterocycles. The lowest BCUT2D eigenvalue weighted by Crippen LogP contribution is -2.34. The van der Waals surface area contributed by atoms with Crippen molar-refractivity contribution < 1.29 is 19.4 Å². The molecule has 1 amide bonds. The van der Waals surface area contributed by atoms with Crippen molar-refractivity contribution in [3.05, 3.63) is 42.0 Å². The van der Waals surface area contributed by atoms with E-state index in [1.54, 1.807) is 24.3 Å². The summed E-state index contributed by atoms with van der Waals surface area (Å²) in [5.41, 5.74) is 0.0745. The summed E-state index contributed by atoms with van der Waals surface area (Å²) >= 11 is 0. The van der Waals surface area contributed by atoms with Crippen molar-refractivity contribution >= 4 is 22.6 Å². The lowest BCUT2D eigenvalue weighted by molar-refractivity contribution is -0.123. The van der Waals surface area contributed by atoms with Gasteiger partial charge in [-0.1, -0.05) is 30.3 Å². The highest BCUT2D eigenvalue weighted by molar-refractivity contribution is 6.06. The van der Waals surface area contributed by atoms with Crippen LogP contribution in [0.3, 0.4) is 0 Å². The largest absolute Gasteiger partial charge is 0.483 e. The number of carbonyl (C=O) groups excluding carboxylic acids is 1. The van der Waals surface area contributed by atoms with Gasteiger partial charge in [0.25, 0.3) is 5.91 Å². The highest BCUT2D eigenvalue weighted by atomic mass is 16.5. The van der Waals surface area contributed by atoms with Crippen LogP contribution in [0.5, 0.6) is 5.75 Å². The molecule has 5 heteroatoms. The smallest absolute Gasteiger partial charge is 0.340 e. The maximum Gasteiger partial charge on any atom is 0.340 e. The van der Waals surface area contributed by atoms with E-state index in [0.29, 0.717) is 5.39 Å². The average molecular weight is 287 g/mol. The third kappa shape index (κ3) is 3.51. The van der Waals surface area contributed by atoms with Gasteiger partial charge in [-0.05, 0) is 30.7 Å². The molecular formula is C16H17NO4. The molecule has 0 saturated heterocycles. The average Bonchev–Trinajstić information content (AvgIpc) is 2.43. The molecule has 2 rings (SSSR count). The molecule has 0 spiro atoms. The van der Waals surface area contributed by atoms with Gasteiger partial charge in [0.15, 0.2) is 6.61 Å². The minimum absolute atomic E-state index is 0.0108. The summed E-state index contributed by atoms with van der Waals surface area (Å²) in [6, 6.07) is 10.5. The van der Waals surface area contributed by atoms with Gasteiger partial charge in [-0.25, -0.2) is 4.79 Å². The quantitative estimate of drug-likeness (QED) is 0.885. The minimum Gasteiger partial charge on any atom is -0.483 e. The molecule has 2 N–H and O–H groups in total. The van der Waals surface area contributed by atoms with Crippen LogP contribution in [-0.2, 0) is 4.79 Å². The highest BCUT2D eigenvalue weighted by Crippen LogP contribution is 2.28. The maximum absolute atomic E-state index is 11.6. The van der Waals surface area contributed by atoms with Crippen molar-refractivity contribution in [1.29, 1.82) is 0 Å². The van der Waals surface area contributed by atoms with Crippen LogP contribution in [0.2, 0.25) is 0 Å². The summed E-state index contributed by atoms with van der Waals surface area (Å²) in [5, 5.41) is 13.5. The molecule has 0 aliphatic heterocycles. The van der Waals surface area contributed by atoms with Crippen LogP contribution in [0.4, 0.5) is 0 Å². The molecule has 0 bridgehead atoms. The van der Waals surface area contributed by atoms with E-state index in [-0.39, 0.29) is 29.9 Å². The Morgan fingerprint density at radius 2 is 1.90 bits per heavy atom. The summed E-state index contributed by atoms with van der Waals surface area (Å²) < 4.78 is 5.38. The van der Waals surface area contributed by atoms with Crippen molar-refractivity contribution in [3.63, 3.8) is 0 Å². The molecular weight excluding hydrogens is 270 g/mol. The number of fused-ring (bicyclic) bond motifs is 1. The second kappa shape index (κ2) is 6.26. The number of hydrogen-bond donors (Lipinski definition) is 2. The Kier molecular flexibility index (Phi) is 4.42. The molecule has 0 unspecified atom stereocenters. The molecule has 0 heterocycles. The predicted octanol–water partition coefficient (Wildman–Crippen LogP) is 2.44. The van der Waals surface area contributed by atoms with E-state index in [2.05, 4.69) is 5.32 Å². The van der Waals surface area contributed by atoms with E-state index in [9.17, 15) is 14.7 Å². The van der Waals surface area contributed by atoms with Crippen molar-refractivity contribution in [2.45, 2.75) is 19.9 Å². The van der Waals surface area contributed by atoms with Gasteiger partial charge in [0, 0.05) is 6.04 Å². The number of rotatable bonds is 5. The Hall–Kier alpha value is -2.56. The van der Waals surface area contributed by atoms with Gasteiger partial charge in [-0.15, -0.1) is 0 Å². The molecule has 2 aromatic carbocycles. The van der Waals surface area contributed by atoms with E-state index < -0.39 is 5.97 Å². The van der Waals surface area contributed by atoms with Crippen molar-refractivity contribution in [1.82, 2.24) is 5.32 Å². The van der Waals surface area contributed by atoms with Gasteiger partial charge in [0.2, 0.25) is 0 Å². The molecule has 0 radical (unpaired) electrons. The second-order valence-electron chi connectivity index (χ2n) is 4.98. The van der Waals surface area contributed by atoms with Crippen LogP contribution in [0.1, 0.15) is 24.2 Å². The van der Waals surface area contributed by atoms with Gasteiger partial charge >= 0.3 is 5.97 Å². The number of carboxylic acids is 1. The van der Waals surface area contributed by atoms with Crippen LogP contribution in [0.15, 0.2) is 36.4 Å². The zero-order valence-electron chi connectivity index (χ0n) is 11.9. The van der Waals surface area contributed by atoms with Crippen molar-refractivity contribution in [2.75, 3.05) is 6.61 Å². The third-order valence-electron chi connectivity index (χ3n) is 2.91. The molecule has 0 atom stereocenters. The number of aromatic carboxylic acids is 1. The van der Waals surface area contributed by atoms with Crippen molar-refractivity contribution in [2.24, 2.45) is 0 Å². The lowest BCUT2D eigenvalue weighted by Gasteiger charge is -2.12. The van der Waals surface area contributed by atoms with E-state index in [0.717, 1.165) is 5.39 Å². The summed E-state index contributed by atoms with van der Waals surface area (Å²) in [5.74, 6) is -1.17. The lowest BCUT2D eigenvalue weighted by atomic mass is 10.0. The standard InChI is InChI=1S/C16H17NO4/c1-10(2)17-14(18)9-21-13-8-7-11-5-3-4-6-12(11)15(13)16(19)20/h3-8,10H,9H2,1-2H3,(H,17,18)(H,19,20). The van der Waals surface area contributed by atoms with Gasteiger partial charge < -0.3 is 15.2 Å². The Morgan fingerprint density at radius 1 is 1.19 bits per heavy atom. The predicted molar refractivity (Wildman–Crippen MR) is 79.7 cm³/mol. The third-order valence-corrected chi connectivity index (χ3v) is 2.91. The van der Waals surface area contributed by atoms with Crippen LogP contribution >= 0.6 is 0 Å². The van der Waals surface area contributed by atoms with Crippen LogP contribution in [-0.4, -0.2) is 29.6 Å². The molecule has 0 fully saturated rings.